The highest BCUT2D eigenvalue weighted by Gasteiger charge is 2.42. The molecule has 49 heavy (non-hydrogen) atoms. The maximum absolute atomic E-state index is 14.2. The van der Waals surface area contributed by atoms with Crippen molar-refractivity contribution in [1.29, 1.82) is 0 Å². The van der Waals surface area contributed by atoms with Gasteiger partial charge in [-0.2, -0.15) is 0 Å². The van der Waals surface area contributed by atoms with Crippen LogP contribution in [0.3, 0.4) is 0 Å². The Balaban J connectivity index is 1.67. The van der Waals surface area contributed by atoms with Crippen LogP contribution in [0.1, 0.15) is 62.8 Å². The summed E-state index contributed by atoms with van der Waals surface area (Å²) in [6, 6.07) is 29.8. The first kappa shape index (κ1) is 33.7. The molecule has 2 amide bonds. The van der Waals surface area contributed by atoms with Gasteiger partial charge in [-0.15, -0.1) is 0 Å². The van der Waals surface area contributed by atoms with Crippen molar-refractivity contribution in [2.75, 3.05) is 18.1 Å². The van der Waals surface area contributed by atoms with Gasteiger partial charge in [0.25, 0.3) is 0 Å². The predicted octanol–water partition coefficient (Wildman–Crippen LogP) is 7.08. The third kappa shape index (κ3) is 6.36. The van der Waals surface area contributed by atoms with E-state index in [0.717, 1.165) is 22.3 Å². The Morgan fingerprint density at radius 2 is 1.43 bits per heavy atom. The molecule has 3 heterocycles. The van der Waals surface area contributed by atoms with E-state index in [-0.39, 0.29) is 25.6 Å². The van der Waals surface area contributed by atoms with Crippen molar-refractivity contribution in [3.8, 4) is 0 Å². The molecule has 0 aliphatic carbocycles. The van der Waals surface area contributed by atoms with Crippen LogP contribution in [-0.4, -0.2) is 72.7 Å². The number of amides is 2. The van der Waals surface area contributed by atoms with Crippen LogP contribution in [0.15, 0.2) is 104 Å². The van der Waals surface area contributed by atoms with Crippen LogP contribution >= 0.6 is 0 Å². The molecule has 5 aromatic rings. The first-order valence-electron chi connectivity index (χ1n) is 16.7. The zero-order valence-corrected chi connectivity index (χ0v) is 28.4. The molecule has 0 bridgehead atoms. The van der Waals surface area contributed by atoms with Crippen molar-refractivity contribution in [3.05, 3.63) is 126 Å². The van der Waals surface area contributed by atoms with E-state index in [1.54, 1.807) is 20.8 Å². The molecule has 2 aromatic heterocycles. The Kier molecular flexibility index (Phi) is 9.43. The van der Waals surface area contributed by atoms with Gasteiger partial charge in [-0.3, -0.25) is 4.90 Å². The zero-order valence-electron chi connectivity index (χ0n) is 28.4. The number of benzene rings is 3. The first-order valence-corrected chi connectivity index (χ1v) is 16.7. The number of carboxylic acid groups (broad SMARTS) is 1. The largest absolute Gasteiger partial charge is 0.465 e. The van der Waals surface area contributed by atoms with E-state index < -0.39 is 29.4 Å². The van der Waals surface area contributed by atoms with Crippen LogP contribution in [0.2, 0.25) is 0 Å². The number of nitrogens with zero attached hydrogens (tertiary/aromatic N) is 5. The number of hydrogen-bond acceptors (Lipinski definition) is 6. The summed E-state index contributed by atoms with van der Waals surface area (Å²) in [7, 11) is 0. The fraction of sp³-hybridized carbons (Fsp3) is 0.333. The van der Waals surface area contributed by atoms with E-state index in [2.05, 4.69) is 41.0 Å². The lowest BCUT2D eigenvalue weighted by atomic mass is 9.76. The standard InChI is InChI=1S/C39H43N5O5/c1-27-20-21-32(25-42(27)36(46)47)44(37(48)49-38(2,3)4)35-33-28(22-23-45)24-43(34(33)40-26-41-35)39(29-14-8-5-9-15-29,30-16-10-6-11-17-30)31-18-12-7-13-19-31/h5-19,24,26-27,32,45H,20-23,25H2,1-4H3,(H,46,47)/t27-,32+/m0/s1. The van der Waals surface area contributed by atoms with Gasteiger partial charge < -0.3 is 24.4 Å². The lowest BCUT2D eigenvalue weighted by Gasteiger charge is -2.41. The molecule has 1 saturated heterocycles. The van der Waals surface area contributed by atoms with Gasteiger partial charge in [-0.1, -0.05) is 91.0 Å². The van der Waals surface area contributed by atoms with Gasteiger partial charge in [0.05, 0.1) is 11.4 Å². The maximum Gasteiger partial charge on any atom is 0.416 e. The van der Waals surface area contributed by atoms with Crippen LogP contribution in [-0.2, 0) is 16.7 Å². The summed E-state index contributed by atoms with van der Waals surface area (Å²) >= 11 is 0. The number of ether oxygens (including phenoxy) is 1. The van der Waals surface area contributed by atoms with E-state index in [4.69, 9.17) is 14.7 Å². The summed E-state index contributed by atoms with van der Waals surface area (Å²) in [6.07, 6.45) is 3.16. The second-order valence-electron chi connectivity index (χ2n) is 13.6. The molecule has 0 spiro atoms. The lowest BCUT2D eigenvalue weighted by molar-refractivity contribution is 0.0521. The van der Waals surface area contributed by atoms with Gasteiger partial charge in [-0.25, -0.2) is 19.6 Å². The number of aromatic nitrogens is 3. The molecular formula is C39H43N5O5. The number of fused-ring (bicyclic) bond motifs is 1. The van der Waals surface area contributed by atoms with E-state index in [0.29, 0.717) is 29.7 Å². The highest BCUT2D eigenvalue weighted by Crippen LogP contribution is 2.45. The highest BCUT2D eigenvalue weighted by molar-refractivity contribution is 6.00. The number of piperidine rings is 1. The molecule has 0 unspecified atom stereocenters. The molecule has 3 aromatic carbocycles. The topological polar surface area (TPSA) is 121 Å². The Hall–Kier alpha value is -5.22. The van der Waals surface area contributed by atoms with E-state index >= 15 is 0 Å². The number of rotatable bonds is 8. The van der Waals surface area contributed by atoms with Gasteiger partial charge in [0.15, 0.2) is 5.82 Å². The fourth-order valence-corrected chi connectivity index (χ4v) is 7.11. The average Bonchev–Trinajstić information content (AvgIpc) is 3.46. The number of likely N-dealkylation sites (tertiary alicyclic amines) is 1. The smallest absolute Gasteiger partial charge is 0.416 e. The Bertz CT molecular complexity index is 1810. The van der Waals surface area contributed by atoms with Crippen molar-refractivity contribution in [1.82, 2.24) is 19.4 Å². The number of anilines is 1. The van der Waals surface area contributed by atoms with E-state index in [1.807, 2.05) is 67.7 Å². The summed E-state index contributed by atoms with van der Waals surface area (Å²) in [5.74, 6) is 0.314. The van der Waals surface area contributed by atoms with Crippen LogP contribution in [0.4, 0.5) is 15.4 Å². The van der Waals surface area contributed by atoms with Gasteiger partial charge >= 0.3 is 12.2 Å². The van der Waals surface area contributed by atoms with Gasteiger partial charge in [0, 0.05) is 25.4 Å². The fourth-order valence-electron chi connectivity index (χ4n) is 7.11. The normalized spacial score (nSPS) is 16.8. The summed E-state index contributed by atoms with van der Waals surface area (Å²) in [4.78, 5) is 39.0. The van der Waals surface area contributed by atoms with Crippen molar-refractivity contribution < 1.29 is 24.5 Å². The molecule has 254 valence electrons. The Labute approximate surface area is 286 Å². The van der Waals surface area contributed by atoms with Crippen LogP contribution in [0.5, 0.6) is 0 Å². The van der Waals surface area contributed by atoms with E-state index in [1.165, 1.54) is 16.1 Å². The first-order chi connectivity index (χ1) is 23.6. The van der Waals surface area contributed by atoms with Crippen LogP contribution < -0.4 is 4.90 Å². The molecule has 6 rings (SSSR count). The second-order valence-corrected chi connectivity index (χ2v) is 13.6. The molecule has 1 aliphatic heterocycles. The van der Waals surface area contributed by atoms with Crippen LogP contribution in [0, 0.1) is 0 Å². The minimum atomic E-state index is -1.04. The maximum atomic E-state index is 14.2. The number of aliphatic hydroxyl groups is 1. The van der Waals surface area contributed by atoms with Gasteiger partial charge in [0.2, 0.25) is 0 Å². The summed E-state index contributed by atoms with van der Waals surface area (Å²) in [5.41, 5.74) is 2.52. The Morgan fingerprint density at radius 1 is 0.878 bits per heavy atom. The number of carbonyl (C=O) groups excluding carboxylic acids is 1. The number of carbonyl (C=O) groups is 2. The number of aliphatic hydroxyl groups excluding tert-OH is 1. The van der Waals surface area contributed by atoms with Crippen molar-refractivity contribution in [3.63, 3.8) is 0 Å². The molecular weight excluding hydrogens is 618 g/mol. The highest BCUT2D eigenvalue weighted by atomic mass is 16.6. The minimum absolute atomic E-state index is 0.0965. The molecule has 0 saturated carbocycles. The van der Waals surface area contributed by atoms with Crippen molar-refractivity contribution in [2.24, 2.45) is 0 Å². The van der Waals surface area contributed by atoms with Gasteiger partial charge in [-0.05, 0) is 69.2 Å². The van der Waals surface area contributed by atoms with Crippen molar-refractivity contribution >= 4 is 29.0 Å². The molecule has 2 atom stereocenters. The molecule has 0 radical (unpaired) electrons. The minimum Gasteiger partial charge on any atom is -0.465 e. The number of hydrogen-bond donors (Lipinski definition) is 2. The summed E-state index contributed by atoms with van der Waals surface area (Å²) in [5, 5.41) is 21.0. The Morgan fingerprint density at radius 3 is 1.92 bits per heavy atom. The summed E-state index contributed by atoms with van der Waals surface area (Å²) < 4.78 is 8.09. The SMILES string of the molecule is C[C@H]1CC[C@@H](N(C(=O)OC(C)(C)C)c2ncnc3c2c(CCO)cn3C(c2ccccc2)(c2ccccc2)c2ccccc2)CN1C(=O)O. The average molecular weight is 662 g/mol. The van der Waals surface area contributed by atoms with Gasteiger partial charge in [0.1, 0.15) is 23.1 Å². The molecule has 10 heteroatoms. The molecule has 1 aliphatic rings. The third-order valence-corrected chi connectivity index (χ3v) is 9.25. The quantitative estimate of drug-likeness (QED) is 0.171. The molecule has 10 nitrogen and oxygen atoms in total. The predicted molar refractivity (Wildman–Crippen MR) is 189 cm³/mol. The van der Waals surface area contributed by atoms with E-state index in [9.17, 15) is 19.8 Å². The molecule has 2 N–H and O–H groups in total. The lowest BCUT2D eigenvalue weighted by Crippen LogP contribution is -2.55. The van der Waals surface area contributed by atoms with Crippen molar-refractivity contribution in [2.45, 2.75) is 70.2 Å². The third-order valence-electron chi connectivity index (χ3n) is 9.25. The zero-order chi connectivity index (χ0) is 34.8. The summed E-state index contributed by atoms with van der Waals surface area (Å²) in [6.45, 7) is 7.22. The monoisotopic (exact) mass is 661 g/mol. The second kappa shape index (κ2) is 13.7. The van der Waals surface area contributed by atoms with Crippen LogP contribution in [0.25, 0.3) is 11.0 Å². The molecule has 1 fully saturated rings.